The number of ether oxygens (including phenoxy) is 1. The minimum Gasteiger partial charge on any atom is -0.494 e. The first kappa shape index (κ1) is 15.1. The van der Waals surface area contributed by atoms with Crippen molar-refractivity contribution in [1.82, 2.24) is 4.98 Å². The van der Waals surface area contributed by atoms with Crippen molar-refractivity contribution in [3.8, 4) is 0 Å². The van der Waals surface area contributed by atoms with E-state index in [2.05, 4.69) is 11.6 Å². The largest absolute Gasteiger partial charge is 0.494 e. The van der Waals surface area contributed by atoms with Gasteiger partial charge < -0.3 is 10.5 Å². The molecule has 0 saturated heterocycles. The van der Waals surface area contributed by atoms with Crippen molar-refractivity contribution in [2.45, 2.75) is 13.1 Å². The second-order valence-corrected chi connectivity index (χ2v) is 4.26. The molecule has 2 N–H and O–H groups in total. The average molecular weight is 300 g/mol. The Labute approximate surface area is 118 Å². The van der Waals surface area contributed by atoms with Crippen molar-refractivity contribution in [2.75, 3.05) is 12.3 Å². The molecule has 0 unspecified atom stereocenters. The van der Waals surface area contributed by atoms with Gasteiger partial charge in [0.1, 0.15) is 23.0 Å². The second-order valence-electron chi connectivity index (χ2n) is 4.26. The number of pyridine rings is 1. The number of alkyl halides is 3. The van der Waals surface area contributed by atoms with Gasteiger partial charge in [-0.15, -0.1) is 0 Å². The highest BCUT2D eigenvalue weighted by Gasteiger charge is 2.36. The molecule has 2 rings (SSSR count). The fraction of sp³-hybridized carbons (Fsp3) is 0.214. The number of benzene rings is 1. The Morgan fingerprint density at radius 3 is 2.57 bits per heavy atom. The minimum atomic E-state index is -4.84. The maximum atomic E-state index is 13.6. The summed E-state index contributed by atoms with van der Waals surface area (Å²) in [5.74, 6) is -1.30. The number of nitrogens with two attached hydrogens (primary N) is 1. The molecule has 7 heteroatoms. The summed E-state index contributed by atoms with van der Waals surface area (Å²) in [6, 6.07) is 1.95. The SMILES string of the molecule is C=C(OCC)c1c(N)ncc2c(C(F)(F)F)c(F)ccc12. The van der Waals surface area contributed by atoms with Gasteiger partial charge >= 0.3 is 6.18 Å². The molecule has 0 saturated carbocycles. The Hall–Kier alpha value is -2.31. The van der Waals surface area contributed by atoms with Crippen molar-refractivity contribution in [2.24, 2.45) is 0 Å². The summed E-state index contributed by atoms with van der Waals surface area (Å²) in [6.07, 6.45) is -3.94. The maximum absolute atomic E-state index is 13.6. The first-order chi connectivity index (χ1) is 9.77. The van der Waals surface area contributed by atoms with Gasteiger partial charge in [-0.3, -0.25) is 0 Å². The zero-order chi connectivity index (χ0) is 15.8. The summed E-state index contributed by atoms with van der Waals surface area (Å²) in [5, 5.41) is -0.290. The van der Waals surface area contributed by atoms with E-state index in [0.717, 1.165) is 12.3 Å². The van der Waals surface area contributed by atoms with Crippen LogP contribution in [0, 0.1) is 5.82 Å². The third-order valence-corrected chi connectivity index (χ3v) is 2.93. The van der Waals surface area contributed by atoms with Crippen LogP contribution in [0.25, 0.3) is 16.5 Å². The molecule has 0 bridgehead atoms. The van der Waals surface area contributed by atoms with Crippen LogP contribution in [0.15, 0.2) is 24.9 Å². The highest BCUT2D eigenvalue weighted by Crippen LogP contribution is 2.39. The zero-order valence-corrected chi connectivity index (χ0v) is 11.1. The van der Waals surface area contributed by atoms with Crippen molar-refractivity contribution < 1.29 is 22.3 Å². The molecule has 0 aliphatic carbocycles. The van der Waals surface area contributed by atoms with Gasteiger partial charge in [0.05, 0.1) is 12.2 Å². The average Bonchev–Trinajstić information content (AvgIpc) is 2.37. The fourth-order valence-corrected chi connectivity index (χ4v) is 2.11. The lowest BCUT2D eigenvalue weighted by Crippen LogP contribution is -2.10. The molecular formula is C14H12F4N2O. The van der Waals surface area contributed by atoms with E-state index < -0.39 is 17.6 Å². The van der Waals surface area contributed by atoms with Crippen LogP contribution in [0.1, 0.15) is 18.1 Å². The van der Waals surface area contributed by atoms with Crippen molar-refractivity contribution in [3.63, 3.8) is 0 Å². The lowest BCUT2D eigenvalue weighted by atomic mass is 10.0. The third kappa shape index (κ3) is 2.63. The van der Waals surface area contributed by atoms with E-state index in [1.807, 2.05) is 0 Å². The fourth-order valence-electron chi connectivity index (χ4n) is 2.11. The molecule has 1 aromatic heterocycles. The van der Waals surface area contributed by atoms with E-state index >= 15 is 0 Å². The first-order valence-corrected chi connectivity index (χ1v) is 6.03. The van der Waals surface area contributed by atoms with Gasteiger partial charge in [0, 0.05) is 11.6 Å². The Bertz CT molecular complexity index is 710. The third-order valence-electron chi connectivity index (χ3n) is 2.93. The zero-order valence-electron chi connectivity index (χ0n) is 11.1. The molecule has 0 aliphatic rings. The minimum absolute atomic E-state index is 0.0271. The lowest BCUT2D eigenvalue weighted by Gasteiger charge is -2.16. The summed E-state index contributed by atoms with van der Waals surface area (Å²) in [7, 11) is 0. The van der Waals surface area contributed by atoms with Crippen molar-refractivity contribution in [1.29, 1.82) is 0 Å². The standard InChI is InChI=1S/C14H12F4N2O/c1-3-21-7(2)11-8-4-5-10(15)12(14(16,17)18)9(8)6-20-13(11)19/h4-6H,2-3H2,1H3,(H2,19,20). The van der Waals surface area contributed by atoms with E-state index in [0.29, 0.717) is 0 Å². The van der Waals surface area contributed by atoms with Gasteiger partial charge in [-0.2, -0.15) is 13.2 Å². The van der Waals surface area contributed by atoms with Crippen molar-refractivity contribution >= 4 is 22.3 Å². The molecule has 0 spiro atoms. The maximum Gasteiger partial charge on any atom is 0.419 e. The van der Waals surface area contributed by atoms with Crippen LogP contribution in [0.5, 0.6) is 0 Å². The Kier molecular flexibility index (Phi) is 3.76. The smallest absolute Gasteiger partial charge is 0.419 e. The molecule has 21 heavy (non-hydrogen) atoms. The number of fused-ring (bicyclic) bond motifs is 1. The van der Waals surface area contributed by atoms with E-state index in [9.17, 15) is 17.6 Å². The van der Waals surface area contributed by atoms with E-state index in [-0.39, 0.29) is 34.5 Å². The van der Waals surface area contributed by atoms with Gasteiger partial charge in [0.15, 0.2) is 0 Å². The van der Waals surface area contributed by atoms with E-state index in [4.69, 9.17) is 10.5 Å². The molecule has 0 atom stereocenters. The van der Waals surface area contributed by atoms with Crippen LogP contribution in [0.3, 0.4) is 0 Å². The van der Waals surface area contributed by atoms with Gasteiger partial charge in [-0.25, -0.2) is 9.37 Å². The summed E-state index contributed by atoms with van der Waals surface area (Å²) < 4.78 is 57.8. The first-order valence-electron chi connectivity index (χ1n) is 6.03. The number of hydrogen-bond donors (Lipinski definition) is 1. The highest BCUT2D eigenvalue weighted by atomic mass is 19.4. The highest BCUT2D eigenvalue weighted by molar-refractivity contribution is 5.97. The molecular weight excluding hydrogens is 288 g/mol. The number of aromatic nitrogens is 1. The number of hydrogen-bond acceptors (Lipinski definition) is 3. The summed E-state index contributed by atoms with van der Waals surface area (Å²) in [5.41, 5.74) is 4.45. The number of halogens is 4. The predicted octanol–water partition coefficient (Wildman–Crippen LogP) is 3.98. The quantitative estimate of drug-likeness (QED) is 0.689. The molecule has 0 radical (unpaired) electrons. The molecule has 2 aromatic rings. The molecule has 1 aromatic carbocycles. The Balaban J connectivity index is 2.84. The van der Waals surface area contributed by atoms with Gasteiger partial charge in [0.25, 0.3) is 0 Å². The monoisotopic (exact) mass is 300 g/mol. The number of nitrogens with zero attached hydrogens (tertiary/aromatic N) is 1. The summed E-state index contributed by atoms with van der Waals surface area (Å²) in [4.78, 5) is 3.70. The predicted molar refractivity (Wildman–Crippen MR) is 71.8 cm³/mol. The molecule has 0 fully saturated rings. The number of rotatable bonds is 3. The van der Waals surface area contributed by atoms with Gasteiger partial charge in [0.2, 0.25) is 0 Å². The lowest BCUT2D eigenvalue weighted by molar-refractivity contribution is -0.138. The molecule has 0 amide bonds. The molecule has 1 heterocycles. The van der Waals surface area contributed by atoms with Gasteiger partial charge in [-0.05, 0) is 18.4 Å². The summed E-state index contributed by atoms with van der Waals surface area (Å²) >= 11 is 0. The van der Waals surface area contributed by atoms with Crippen LogP contribution in [-0.4, -0.2) is 11.6 Å². The second kappa shape index (κ2) is 5.23. The Morgan fingerprint density at radius 2 is 2.00 bits per heavy atom. The summed E-state index contributed by atoms with van der Waals surface area (Å²) in [6.45, 7) is 5.58. The normalized spacial score (nSPS) is 11.7. The van der Waals surface area contributed by atoms with Crippen LogP contribution in [0.2, 0.25) is 0 Å². The van der Waals surface area contributed by atoms with Gasteiger partial charge in [-0.1, -0.05) is 12.6 Å². The van der Waals surface area contributed by atoms with Crippen molar-refractivity contribution in [3.05, 3.63) is 41.9 Å². The van der Waals surface area contributed by atoms with Crippen LogP contribution < -0.4 is 5.73 Å². The van der Waals surface area contributed by atoms with E-state index in [1.54, 1.807) is 6.92 Å². The molecule has 0 aliphatic heterocycles. The topological polar surface area (TPSA) is 48.1 Å². The van der Waals surface area contributed by atoms with E-state index in [1.165, 1.54) is 6.07 Å². The van der Waals surface area contributed by atoms with Crippen LogP contribution in [-0.2, 0) is 10.9 Å². The van der Waals surface area contributed by atoms with Crippen LogP contribution in [0.4, 0.5) is 23.4 Å². The molecule has 112 valence electrons. The number of nitrogen functional groups attached to an aromatic ring is 1. The Morgan fingerprint density at radius 1 is 1.33 bits per heavy atom. The van der Waals surface area contributed by atoms with Crippen LogP contribution >= 0.6 is 0 Å². The molecule has 3 nitrogen and oxygen atoms in total. The number of anilines is 1.